The summed E-state index contributed by atoms with van der Waals surface area (Å²) in [6.07, 6.45) is 3.57. The molecule has 0 radical (unpaired) electrons. The van der Waals surface area contributed by atoms with E-state index in [4.69, 9.17) is 4.74 Å². The van der Waals surface area contributed by atoms with Gasteiger partial charge in [-0.15, -0.1) is 0 Å². The van der Waals surface area contributed by atoms with Crippen LogP contribution < -0.4 is 4.74 Å². The summed E-state index contributed by atoms with van der Waals surface area (Å²) in [4.78, 5) is 0. The summed E-state index contributed by atoms with van der Waals surface area (Å²) in [6, 6.07) is 15.6. The van der Waals surface area contributed by atoms with Gasteiger partial charge in [0, 0.05) is 11.1 Å². The van der Waals surface area contributed by atoms with Gasteiger partial charge in [-0.25, -0.2) is 0 Å². The summed E-state index contributed by atoms with van der Waals surface area (Å²) in [7, 11) is 0. The topological polar surface area (TPSA) is 9.23 Å². The van der Waals surface area contributed by atoms with Crippen LogP contribution in [-0.2, 0) is 0 Å². The zero-order valence-corrected chi connectivity index (χ0v) is 9.60. The second kappa shape index (κ2) is 5.17. The predicted octanol–water partition coefficient (Wildman–Crippen LogP) is 4.76. The minimum absolute atomic E-state index is 0.803. The Morgan fingerprint density at radius 3 is 1.53 bits per heavy atom. The number of rotatable bonds is 4. The first-order chi connectivity index (χ1) is 8.35. The lowest BCUT2D eigenvalue weighted by Crippen LogP contribution is -1.89. The Morgan fingerprint density at radius 1 is 0.706 bits per heavy atom. The van der Waals surface area contributed by atoms with Gasteiger partial charge in [0.05, 0.1) is 0 Å². The molecule has 0 saturated heterocycles. The highest BCUT2D eigenvalue weighted by Crippen LogP contribution is 2.28. The highest BCUT2D eigenvalue weighted by Gasteiger charge is 2.03. The van der Waals surface area contributed by atoms with Crippen LogP contribution in [0.15, 0.2) is 61.7 Å². The van der Waals surface area contributed by atoms with Crippen molar-refractivity contribution in [1.82, 2.24) is 0 Å². The average Bonchev–Trinajstić information content (AvgIpc) is 2.40. The molecule has 2 aromatic carbocycles. The molecule has 2 rings (SSSR count). The highest BCUT2D eigenvalue weighted by molar-refractivity contribution is 5.60. The monoisotopic (exact) mass is 222 g/mol. The number of hydrogen-bond acceptors (Lipinski definition) is 1. The summed E-state index contributed by atoms with van der Waals surface area (Å²) < 4.78 is 5.88. The van der Waals surface area contributed by atoms with Crippen LogP contribution >= 0.6 is 0 Å². The van der Waals surface area contributed by atoms with Gasteiger partial charge in [0.15, 0.2) is 0 Å². The standard InChI is InChI=1S/C16H14O/c1-3-13-9-5-7-11-15(13)17-16-12-8-6-10-14(16)4-2/h3-12H,1-2H2. The van der Waals surface area contributed by atoms with Crippen LogP contribution in [0.2, 0.25) is 0 Å². The van der Waals surface area contributed by atoms with E-state index in [1.807, 2.05) is 48.5 Å². The lowest BCUT2D eigenvalue weighted by Gasteiger charge is -2.10. The van der Waals surface area contributed by atoms with E-state index in [0.29, 0.717) is 0 Å². The van der Waals surface area contributed by atoms with E-state index in [9.17, 15) is 0 Å². The minimum atomic E-state index is 0.803. The van der Waals surface area contributed by atoms with Crippen LogP contribution in [-0.4, -0.2) is 0 Å². The Morgan fingerprint density at radius 2 is 1.12 bits per heavy atom. The summed E-state index contributed by atoms with van der Waals surface area (Å²) in [5, 5.41) is 0. The molecule has 0 aromatic heterocycles. The molecule has 84 valence electrons. The fourth-order valence-corrected chi connectivity index (χ4v) is 1.60. The van der Waals surface area contributed by atoms with Crippen molar-refractivity contribution in [2.24, 2.45) is 0 Å². The molecule has 0 spiro atoms. The van der Waals surface area contributed by atoms with Gasteiger partial charge in [0.2, 0.25) is 0 Å². The molecule has 0 saturated carbocycles. The molecule has 0 aliphatic carbocycles. The lowest BCUT2D eigenvalue weighted by atomic mass is 10.2. The number of para-hydroxylation sites is 2. The van der Waals surface area contributed by atoms with E-state index < -0.39 is 0 Å². The van der Waals surface area contributed by atoms with Crippen molar-refractivity contribution in [1.29, 1.82) is 0 Å². The van der Waals surface area contributed by atoms with E-state index in [-0.39, 0.29) is 0 Å². The Kier molecular flexibility index (Phi) is 3.41. The maximum Gasteiger partial charge on any atom is 0.134 e. The van der Waals surface area contributed by atoms with E-state index >= 15 is 0 Å². The van der Waals surface area contributed by atoms with Gasteiger partial charge >= 0.3 is 0 Å². The van der Waals surface area contributed by atoms with Crippen LogP contribution in [0.1, 0.15) is 11.1 Å². The van der Waals surface area contributed by atoms with Gasteiger partial charge < -0.3 is 4.74 Å². The van der Waals surface area contributed by atoms with Crippen molar-refractivity contribution in [3.05, 3.63) is 72.8 Å². The van der Waals surface area contributed by atoms with Crippen molar-refractivity contribution in [3.8, 4) is 11.5 Å². The lowest BCUT2D eigenvalue weighted by molar-refractivity contribution is 0.480. The Bertz CT molecular complexity index is 491. The van der Waals surface area contributed by atoms with E-state index in [0.717, 1.165) is 22.6 Å². The maximum absolute atomic E-state index is 5.88. The van der Waals surface area contributed by atoms with Gasteiger partial charge in [-0.2, -0.15) is 0 Å². The molecule has 0 N–H and O–H groups in total. The second-order valence-electron chi connectivity index (χ2n) is 3.59. The molecule has 1 heteroatoms. The smallest absolute Gasteiger partial charge is 0.134 e. The normalized spacial score (nSPS) is 9.65. The summed E-state index contributed by atoms with van der Waals surface area (Å²) in [5.74, 6) is 1.61. The first kappa shape index (κ1) is 11.2. The molecule has 0 aliphatic rings. The molecule has 0 heterocycles. The molecule has 0 aliphatic heterocycles. The first-order valence-corrected chi connectivity index (χ1v) is 5.46. The Hall–Kier alpha value is -2.28. The van der Waals surface area contributed by atoms with Gasteiger partial charge in [0.1, 0.15) is 11.5 Å². The van der Waals surface area contributed by atoms with Gasteiger partial charge in [-0.3, -0.25) is 0 Å². The van der Waals surface area contributed by atoms with Crippen LogP contribution in [0, 0.1) is 0 Å². The van der Waals surface area contributed by atoms with E-state index in [2.05, 4.69) is 13.2 Å². The summed E-state index contributed by atoms with van der Waals surface area (Å²) >= 11 is 0. The summed E-state index contributed by atoms with van der Waals surface area (Å²) in [5.41, 5.74) is 1.96. The molecule has 1 nitrogen and oxygen atoms in total. The van der Waals surface area contributed by atoms with Crippen molar-refractivity contribution in [2.45, 2.75) is 0 Å². The molecular weight excluding hydrogens is 208 g/mol. The quantitative estimate of drug-likeness (QED) is 0.724. The van der Waals surface area contributed by atoms with Crippen LogP contribution in [0.4, 0.5) is 0 Å². The zero-order chi connectivity index (χ0) is 12.1. The molecule has 0 fully saturated rings. The Balaban J connectivity index is 2.37. The average molecular weight is 222 g/mol. The summed E-state index contributed by atoms with van der Waals surface area (Å²) in [6.45, 7) is 7.55. The molecule has 0 amide bonds. The van der Waals surface area contributed by atoms with Gasteiger partial charge in [0.25, 0.3) is 0 Å². The van der Waals surface area contributed by atoms with Crippen molar-refractivity contribution in [3.63, 3.8) is 0 Å². The molecule has 0 atom stereocenters. The predicted molar refractivity (Wildman–Crippen MR) is 73.1 cm³/mol. The third-order valence-electron chi connectivity index (χ3n) is 2.50. The molecule has 0 unspecified atom stereocenters. The second-order valence-corrected chi connectivity index (χ2v) is 3.59. The number of benzene rings is 2. The van der Waals surface area contributed by atoms with Crippen molar-refractivity contribution >= 4 is 12.2 Å². The Labute approximate surface area is 102 Å². The largest absolute Gasteiger partial charge is 0.456 e. The molecule has 0 bridgehead atoms. The van der Waals surface area contributed by atoms with Gasteiger partial charge in [-0.1, -0.05) is 61.7 Å². The van der Waals surface area contributed by atoms with Crippen LogP contribution in [0.5, 0.6) is 11.5 Å². The fourth-order valence-electron chi connectivity index (χ4n) is 1.60. The molecule has 2 aromatic rings. The van der Waals surface area contributed by atoms with Crippen molar-refractivity contribution < 1.29 is 4.74 Å². The molecular formula is C16H14O. The fraction of sp³-hybridized carbons (Fsp3) is 0. The van der Waals surface area contributed by atoms with E-state index in [1.165, 1.54) is 0 Å². The van der Waals surface area contributed by atoms with Crippen LogP contribution in [0.25, 0.3) is 12.2 Å². The third-order valence-corrected chi connectivity index (χ3v) is 2.50. The number of hydrogen-bond donors (Lipinski definition) is 0. The van der Waals surface area contributed by atoms with E-state index in [1.54, 1.807) is 12.2 Å². The first-order valence-electron chi connectivity index (χ1n) is 5.46. The number of ether oxygens (including phenoxy) is 1. The molecule has 17 heavy (non-hydrogen) atoms. The maximum atomic E-state index is 5.88. The zero-order valence-electron chi connectivity index (χ0n) is 9.60. The third kappa shape index (κ3) is 2.45. The van der Waals surface area contributed by atoms with Crippen molar-refractivity contribution in [2.75, 3.05) is 0 Å². The van der Waals surface area contributed by atoms with Gasteiger partial charge in [-0.05, 0) is 12.1 Å². The minimum Gasteiger partial charge on any atom is -0.456 e. The highest BCUT2D eigenvalue weighted by atomic mass is 16.5. The SMILES string of the molecule is C=Cc1ccccc1Oc1ccccc1C=C. The van der Waals surface area contributed by atoms with Crippen LogP contribution in [0.3, 0.4) is 0 Å².